The molecule has 1 aromatic heterocycles. The smallest absolute Gasteiger partial charge is 0.305 e. The molecule has 1 atom stereocenters. The number of pyridine rings is 1. The number of methoxy groups -OCH3 is 1. The molecule has 0 aliphatic rings. The second-order valence-electron chi connectivity index (χ2n) is 6.37. The van der Waals surface area contributed by atoms with Crippen LogP contribution in [0.25, 0.3) is 0 Å². The Kier molecular flexibility index (Phi) is 6.50. The fourth-order valence-electron chi connectivity index (χ4n) is 2.41. The first-order valence-corrected chi connectivity index (χ1v) is 7.41. The van der Waals surface area contributed by atoms with Crippen LogP contribution < -0.4 is 10.9 Å². The lowest BCUT2D eigenvalue weighted by Crippen LogP contribution is -2.50. The normalized spacial score (nSPS) is 13.6. The monoisotopic (exact) mass is 324 g/mol. The Bertz CT molecular complexity index is 623. The zero-order valence-corrected chi connectivity index (χ0v) is 13.9. The topological polar surface area (TPSA) is 108 Å². The molecule has 1 unspecified atom stereocenters. The van der Waals surface area contributed by atoms with Crippen LogP contribution in [0.3, 0.4) is 0 Å². The van der Waals surface area contributed by atoms with Gasteiger partial charge < -0.3 is 20.1 Å². The largest absolute Gasteiger partial charge is 0.481 e. The van der Waals surface area contributed by atoms with Crippen LogP contribution in [-0.2, 0) is 16.0 Å². The maximum absolute atomic E-state index is 12.4. The summed E-state index contributed by atoms with van der Waals surface area (Å²) in [5, 5.41) is 11.6. The minimum Gasteiger partial charge on any atom is -0.481 e. The Labute approximate surface area is 135 Å². The van der Waals surface area contributed by atoms with Crippen LogP contribution in [0.5, 0.6) is 0 Å². The lowest BCUT2D eigenvalue weighted by Gasteiger charge is -2.28. The van der Waals surface area contributed by atoms with E-state index in [4.69, 9.17) is 9.84 Å². The average molecular weight is 324 g/mol. The summed E-state index contributed by atoms with van der Waals surface area (Å²) in [6.45, 7) is 5.65. The molecule has 1 heterocycles. The van der Waals surface area contributed by atoms with Gasteiger partial charge in [-0.3, -0.25) is 14.4 Å². The van der Waals surface area contributed by atoms with Crippen molar-refractivity contribution in [1.29, 1.82) is 0 Å². The fourth-order valence-corrected chi connectivity index (χ4v) is 2.41. The van der Waals surface area contributed by atoms with Gasteiger partial charge in [-0.1, -0.05) is 13.8 Å². The third-order valence-electron chi connectivity index (χ3n) is 3.21. The van der Waals surface area contributed by atoms with Crippen LogP contribution in [-0.4, -0.2) is 41.2 Å². The van der Waals surface area contributed by atoms with Crippen LogP contribution in [0.1, 0.15) is 43.2 Å². The summed E-state index contributed by atoms with van der Waals surface area (Å²) < 4.78 is 5.00. The van der Waals surface area contributed by atoms with Gasteiger partial charge in [0.2, 0.25) is 5.56 Å². The molecule has 0 aromatic carbocycles. The van der Waals surface area contributed by atoms with Gasteiger partial charge in [-0.2, -0.15) is 0 Å². The van der Waals surface area contributed by atoms with Gasteiger partial charge in [-0.15, -0.1) is 0 Å². The van der Waals surface area contributed by atoms with E-state index in [0.717, 1.165) is 0 Å². The first-order valence-electron chi connectivity index (χ1n) is 7.41. The number of rotatable bonds is 8. The Morgan fingerprint density at radius 3 is 2.57 bits per heavy atom. The average Bonchev–Trinajstić information content (AvgIpc) is 2.35. The molecule has 1 rings (SSSR count). The number of aliphatic carboxylic acids is 1. The van der Waals surface area contributed by atoms with E-state index >= 15 is 0 Å². The zero-order chi connectivity index (χ0) is 17.6. The molecule has 0 radical (unpaired) electrons. The van der Waals surface area contributed by atoms with Crippen molar-refractivity contribution >= 4 is 11.9 Å². The number of carboxylic acids is 1. The highest BCUT2D eigenvalue weighted by atomic mass is 16.5. The van der Waals surface area contributed by atoms with Crippen molar-refractivity contribution < 1.29 is 19.4 Å². The Hall–Kier alpha value is -2.15. The first-order chi connectivity index (χ1) is 10.6. The standard InChI is InChI=1S/C16H24N2O5/c1-10(2)5-12-6-11(7-13(19)17-12)15(22)18-16(3,9-23-4)8-14(20)21/h6-7,10H,5,8-9H2,1-4H3,(H,17,19)(H,18,22)(H,20,21). The second kappa shape index (κ2) is 7.92. The molecule has 0 bridgehead atoms. The second-order valence-corrected chi connectivity index (χ2v) is 6.37. The van der Waals surface area contributed by atoms with Gasteiger partial charge in [-0.25, -0.2) is 0 Å². The molecule has 0 spiro atoms. The number of hydrogen-bond donors (Lipinski definition) is 3. The first kappa shape index (κ1) is 18.9. The van der Waals surface area contributed by atoms with Gasteiger partial charge in [0.1, 0.15) is 0 Å². The number of carbonyl (C=O) groups is 2. The number of amides is 1. The number of aromatic amines is 1. The summed E-state index contributed by atoms with van der Waals surface area (Å²) in [4.78, 5) is 37.8. The van der Waals surface area contributed by atoms with Gasteiger partial charge in [0.15, 0.2) is 0 Å². The summed E-state index contributed by atoms with van der Waals surface area (Å²) in [6.07, 6.45) is 0.357. The maximum Gasteiger partial charge on any atom is 0.305 e. The summed E-state index contributed by atoms with van der Waals surface area (Å²) in [5.41, 5.74) is -0.542. The molecule has 0 saturated heterocycles. The number of carbonyl (C=O) groups excluding carboxylic acids is 1. The molecule has 1 aromatic rings. The minimum absolute atomic E-state index is 0.0487. The lowest BCUT2D eigenvalue weighted by atomic mass is 9.98. The zero-order valence-electron chi connectivity index (χ0n) is 13.9. The van der Waals surface area contributed by atoms with E-state index in [9.17, 15) is 14.4 Å². The number of aromatic nitrogens is 1. The van der Waals surface area contributed by atoms with Gasteiger partial charge in [0, 0.05) is 24.4 Å². The summed E-state index contributed by atoms with van der Waals surface area (Å²) in [5.74, 6) is -1.21. The van der Waals surface area contributed by atoms with Crippen molar-refractivity contribution in [3.8, 4) is 0 Å². The predicted molar refractivity (Wildman–Crippen MR) is 85.6 cm³/mol. The summed E-state index contributed by atoms with van der Waals surface area (Å²) in [7, 11) is 1.43. The Morgan fingerprint density at radius 1 is 1.39 bits per heavy atom. The SMILES string of the molecule is COCC(C)(CC(=O)O)NC(=O)c1cc(CC(C)C)[nH]c(=O)c1. The van der Waals surface area contributed by atoms with Crippen molar-refractivity contribution in [2.45, 2.75) is 39.2 Å². The molecule has 128 valence electrons. The molecule has 7 nitrogen and oxygen atoms in total. The van der Waals surface area contributed by atoms with Gasteiger partial charge >= 0.3 is 5.97 Å². The van der Waals surface area contributed by atoms with Crippen LogP contribution >= 0.6 is 0 Å². The van der Waals surface area contributed by atoms with Crippen molar-refractivity contribution in [3.05, 3.63) is 33.7 Å². The number of ether oxygens (including phenoxy) is 1. The van der Waals surface area contributed by atoms with Crippen molar-refractivity contribution in [3.63, 3.8) is 0 Å². The van der Waals surface area contributed by atoms with Crippen LogP contribution in [0, 0.1) is 5.92 Å². The van der Waals surface area contributed by atoms with E-state index in [-0.39, 0.29) is 24.2 Å². The molecule has 1 amide bonds. The quantitative estimate of drug-likeness (QED) is 0.665. The predicted octanol–water partition coefficient (Wildman–Crippen LogP) is 1.18. The molecule has 0 saturated carbocycles. The highest BCUT2D eigenvalue weighted by Gasteiger charge is 2.30. The molecule has 7 heteroatoms. The maximum atomic E-state index is 12.4. The van der Waals surface area contributed by atoms with Crippen LogP contribution in [0.2, 0.25) is 0 Å². The van der Waals surface area contributed by atoms with E-state index in [0.29, 0.717) is 18.0 Å². The minimum atomic E-state index is -1.06. The number of H-pyrrole nitrogens is 1. The van der Waals surface area contributed by atoms with Crippen LogP contribution in [0.4, 0.5) is 0 Å². The van der Waals surface area contributed by atoms with Crippen molar-refractivity contribution in [2.24, 2.45) is 5.92 Å². The molecular weight excluding hydrogens is 300 g/mol. The molecule has 0 fully saturated rings. The van der Waals surface area contributed by atoms with E-state index in [1.54, 1.807) is 13.0 Å². The Morgan fingerprint density at radius 2 is 2.04 bits per heavy atom. The number of nitrogens with one attached hydrogen (secondary N) is 2. The molecule has 0 aliphatic heterocycles. The van der Waals surface area contributed by atoms with Crippen molar-refractivity contribution in [1.82, 2.24) is 10.3 Å². The third kappa shape index (κ3) is 6.23. The highest BCUT2D eigenvalue weighted by Crippen LogP contribution is 2.13. The number of hydrogen-bond acceptors (Lipinski definition) is 4. The van der Waals surface area contributed by atoms with Gasteiger partial charge in [0.25, 0.3) is 5.91 Å². The Balaban J connectivity index is 3.01. The molecule has 23 heavy (non-hydrogen) atoms. The summed E-state index contributed by atoms with van der Waals surface area (Å²) >= 11 is 0. The third-order valence-corrected chi connectivity index (χ3v) is 3.21. The van der Waals surface area contributed by atoms with Crippen molar-refractivity contribution in [2.75, 3.05) is 13.7 Å². The lowest BCUT2D eigenvalue weighted by molar-refractivity contribution is -0.139. The molecule has 3 N–H and O–H groups in total. The highest BCUT2D eigenvalue weighted by molar-refractivity contribution is 5.95. The number of carboxylic acid groups (broad SMARTS) is 1. The fraction of sp³-hybridized carbons (Fsp3) is 0.562. The molecule has 0 aliphatic carbocycles. The van der Waals surface area contributed by atoms with E-state index < -0.39 is 17.4 Å². The van der Waals surface area contributed by atoms with E-state index in [1.165, 1.54) is 13.2 Å². The van der Waals surface area contributed by atoms with E-state index in [2.05, 4.69) is 10.3 Å². The van der Waals surface area contributed by atoms with E-state index in [1.807, 2.05) is 13.8 Å². The van der Waals surface area contributed by atoms with Gasteiger partial charge in [0.05, 0.1) is 18.6 Å². The van der Waals surface area contributed by atoms with Gasteiger partial charge in [-0.05, 0) is 25.3 Å². The van der Waals surface area contributed by atoms with Crippen LogP contribution in [0.15, 0.2) is 16.9 Å². The molecular formula is C16H24N2O5. The summed E-state index contributed by atoms with van der Waals surface area (Å²) in [6, 6.07) is 2.82.